The maximum Gasteiger partial charge on any atom is 0.225 e. The minimum atomic E-state index is -0.481. The van der Waals surface area contributed by atoms with Crippen LogP contribution in [0.5, 0.6) is 0 Å². The van der Waals surface area contributed by atoms with E-state index in [2.05, 4.69) is 38.1 Å². The number of benzene rings is 1. The molecule has 2 aliphatic carbocycles. The second kappa shape index (κ2) is 9.92. The number of thioether (sulfide) groups is 1. The molecule has 5 nitrogen and oxygen atoms in total. The number of aliphatic hydroxyl groups excluding tert-OH is 1. The van der Waals surface area contributed by atoms with Crippen molar-refractivity contribution in [3.63, 3.8) is 0 Å². The van der Waals surface area contributed by atoms with Crippen molar-refractivity contribution >= 4 is 29.0 Å². The van der Waals surface area contributed by atoms with E-state index in [1.54, 1.807) is 0 Å². The molecular formula is C27H36N2O3S2. The standard InChI is InChI=1S/C27H36N2O3S2/c1-17(26(31)29-11-13-32-14-12-29)20-9-10-27(3)15-21-24(18(2)23(27)25(20)30)28-22(34-21)16-33-19-7-5-4-6-8-19/h4-8,17-18,20,23,25,30H,9-16H2,1-3H3. The van der Waals surface area contributed by atoms with Crippen molar-refractivity contribution in [2.45, 2.75) is 62.7 Å². The van der Waals surface area contributed by atoms with E-state index in [4.69, 9.17) is 9.72 Å². The van der Waals surface area contributed by atoms with Crippen LogP contribution in [0, 0.1) is 23.2 Å². The minimum Gasteiger partial charge on any atom is -0.392 e. The fraction of sp³-hybridized carbons (Fsp3) is 0.630. The summed E-state index contributed by atoms with van der Waals surface area (Å²) in [7, 11) is 0. The van der Waals surface area contributed by atoms with Crippen LogP contribution < -0.4 is 0 Å². The summed E-state index contributed by atoms with van der Waals surface area (Å²) in [5.41, 5.74) is 1.24. The fourth-order valence-electron chi connectivity index (χ4n) is 6.58. The molecule has 1 aromatic carbocycles. The van der Waals surface area contributed by atoms with Gasteiger partial charge in [0, 0.05) is 34.7 Å². The minimum absolute atomic E-state index is 0.00385. The third-order valence-electron chi connectivity index (χ3n) is 8.43. The number of hydrogen-bond donors (Lipinski definition) is 1. The molecule has 7 heteroatoms. The van der Waals surface area contributed by atoms with Crippen molar-refractivity contribution in [3.05, 3.63) is 45.9 Å². The van der Waals surface area contributed by atoms with E-state index in [0.717, 1.165) is 25.0 Å². The molecule has 6 atom stereocenters. The molecule has 0 bridgehead atoms. The summed E-state index contributed by atoms with van der Waals surface area (Å²) in [5.74, 6) is 1.23. The normalized spacial score (nSPS) is 32.1. The first kappa shape index (κ1) is 24.3. The molecule has 2 aromatic rings. The Hall–Kier alpha value is -1.41. The van der Waals surface area contributed by atoms with E-state index in [0.29, 0.717) is 26.3 Å². The third-order valence-corrected chi connectivity index (χ3v) is 10.7. The Morgan fingerprint density at radius 3 is 2.79 bits per heavy atom. The second-order valence-corrected chi connectivity index (χ2v) is 12.8. The lowest BCUT2D eigenvalue weighted by Crippen LogP contribution is -2.54. The number of carbonyl (C=O) groups is 1. The number of rotatable bonds is 5. The Labute approximate surface area is 211 Å². The third kappa shape index (κ3) is 4.57. The number of nitrogens with zero attached hydrogens (tertiary/aromatic N) is 2. The van der Waals surface area contributed by atoms with Gasteiger partial charge in [0.25, 0.3) is 0 Å². The number of morpholine rings is 1. The highest BCUT2D eigenvalue weighted by atomic mass is 32.2. The predicted octanol–water partition coefficient (Wildman–Crippen LogP) is 4.98. The van der Waals surface area contributed by atoms with Crippen LogP contribution in [0.2, 0.25) is 0 Å². The first-order chi connectivity index (χ1) is 16.4. The summed E-state index contributed by atoms with van der Waals surface area (Å²) in [6.07, 6.45) is 2.46. The number of amides is 1. The molecule has 1 amide bonds. The molecule has 3 aliphatic rings. The van der Waals surface area contributed by atoms with Crippen molar-refractivity contribution in [2.75, 3.05) is 26.3 Å². The average molecular weight is 501 g/mol. The van der Waals surface area contributed by atoms with Gasteiger partial charge in [0.2, 0.25) is 5.91 Å². The van der Waals surface area contributed by atoms with Gasteiger partial charge in [-0.1, -0.05) is 39.0 Å². The van der Waals surface area contributed by atoms with Crippen molar-refractivity contribution in [1.29, 1.82) is 0 Å². The molecule has 1 aliphatic heterocycles. The first-order valence-corrected chi connectivity index (χ1v) is 14.4. The Morgan fingerprint density at radius 1 is 1.32 bits per heavy atom. The molecule has 2 fully saturated rings. The van der Waals surface area contributed by atoms with Crippen molar-refractivity contribution in [1.82, 2.24) is 9.88 Å². The summed E-state index contributed by atoms with van der Waals surface area (Å²) >= 11 is 3.69. The fourth-order valence-corrected chi connectivity index (χ4v) is 8.86. The van der Waals surface area contributed by atoms with Gasteiger partial charge < -0.3 is 14.7 Å². The Bertz CT molecular complexity index is 1010. The number of aromatic nitrogens is 1. The monoisotopic (exact) mass is 500 g/mol. The number of carbonyl (C=O) groups excluding carboxylic acids is 1. The van der Waals surface area contributed by atoms with E-state index >= 15 is 0 Å². The van der Waals surface area contributed by atoms with Crippen LogP contribution in [0.15, 0.2) is 35.2 Å². The van der Waals surface area contributed by atoms with E-state index in [1.165, 1.54) is 20.5 Å². The van der Waals surface area contributed by atoms with Crippen molar-refractivity contribution in [2.24, 2.45) is 23.2 Å². The van der Waals surface area contributed by atoms with Gasteiger partial charge in [-0.2, -0.15) is 0 Å². The molecule has 1 saturated carbocycles. The number of ether oxygens (including phenoxy) is 1. The Balaban J connectivity index is 1.32. The van der Waals surface area contributed by atoms with Gasteiger partial charge in [-0.15, -0.1) is 23.1 Å². The predicted molar refractivity (Wildman–Crippen MR) is 137 cm³/mol. The van der Waals surface area contributed by atoms with Crippen LogP contribution in [0.25, 0.3) is 0 Å². The summed E-state index contributed by atoms with van der Waals surface area (Å²) in [6.45, 7) is 9.17. The molecule has 1 saturated heterocycles. The molecule has 2 heterocycles. The van der Waals surface area contributed by atoms with Crippen LogP contribution >= 0.6 is 23.1 Å². The van der Waals surface area contributed by atoms with E-state index in [1.807, 2.05) is 41.0 Å². The number of fused-ring (bicyclic) bond motifs is 2. The highest BCUT2D eigenvalue weighted by molar-refractivity contribution is 7.98. The maximum absolute atomic E-state index is 13.2. The van der Waals surface area contributed by atoms with Crippen LogP contribution in [0.3, 0.4) is 0 Å². The van der Waals surface area contributed by atoms with E-state index < -0.39 is 6.10 Å². The van der Waals surface area contributed by atoms with Crippen LogP contribution in [0.4, 0.5) is 0 Å². The highest BCUT2D eigenvalue weighted by Crippen LogP contribution is 2.57. The van der Waals surface area contributed by atoms with Gasteiger partial charge in [-0.05, 0) is 48.6 Å². The molecule has 5 rings (SSSR count). The topological polar surface area (TPSA) is 62.7 Å². The first-order valence-electron chi connectivity index (χ1n) is 12.6. The number of thiazole rings is 1. The highest BCUT2D eigenvalue weighted by Gasteiger charge is 2.54. The van der Waals surface area contributed by atoms with Gasteiger partial charge in [-0.3, -0.25) is 4.79 Å². The van der Waals surface area contributed by atoms with Gasteiger partial charge in [-0.25, -0.2) is 4.98 Å². The largest absolute Gasteiger partial charge is 0.392 e. The van der Waals surface area contributed by atoms with Crippen LogP contribution in [-0.2, 0) is 21.7 Å². The lowest BCUT2D eigenvalue weighted by Gasteiger charge is -2.53. The zero-order valence-electron chi connectivity index (χ0n) is 20.4. The van der Waals surface area contributed by atoms with Crippen molar-refractivity contribution in [3.8, 4) is 0 Å². The van der Waals surface area contributed by atoms with Gasteiger partial charge in [0.15, 0.2) is 0 Å². The quantitative estimate of drug-likeness (QED) is 0.587. The average Bonchev–Trinajstić information content (AvgIpc) is 3.26. The Kier molecular flexibility index (Phi) is 7.09. The summed E-state index contributed by atoms with van der Waals surface area (Å²) in [4.78, 5) is 22.9. The lowest BCUT2D eigenvalue weighted by atomic mass is 9.53. The van der Waals surface area contributed by atoms with E-state index in [9.17, 15) is 9.90 Å². The SMILES string of the molecule is CC(C(=O)N1CCOCC1)C1CCC2(C)Cc3sc(CSc4ccccc4)nc3C(C)C2C1O. The molecule has 1 N–H and O–H groups in total. The number of hydrogen-bond acceptors (Lipinski definition) is 6. The molecule has 0 spiro atoms. The van der Waals surface area contributed by atoms with Crippen LogP contribution in [-0.4, -0.2) is 53.3 Å². The van der Waals surface area contributed by atoms with Crippen LogP contribution in [0.1, 0.15) is 55.1 Å². The van der Waals surface area contributed by atoms with Gasteiger partial charge >= 0.3 is 0 Å². The molecule has 6 unspecified atom stereocenters. The zero-order valence-corrected chi connectivity index (χ0v) is 22.0. The zero-order chi connectivity index (χ0) is 23.9. The Morgan fingerprint density at radius 2 is 2.06 bits per heavy atom. The molecule has 1 aromatic heterocycles. The van der Waals surface area contributed by atoms with Gasteiger partial charge in [0.05, 0.1) is 30.8 Å². The smallest absolute Gasteiger partial charge is 0.225 e. The molecule has 34 heavy (non-hydrogen) atoms. The number of aliphatic hydroxyl groups is 1. The second-order valence-electron chi connectivity index (χ2n) is 10.6. The molecule has 0 radical (unpaired) electrons. The molecular weight excluding hydrogens is 464 g/mol. The summed E-state index contributed by atoms with van der Waals surface area (Å²) in [5, 5.41) is 12.9. The lowest BCUT2D eigenvalue weighted by molar-refractivity contribution is -0.148. The summed E-state index contributed by atoms with van der Waals surface area (Å²) in [6, 6.07) is 10.5. The molecule has 184 valence electrons. The maximum atomic E-state index is 13.2. The van der Waals surface area contributed by atoms with Gasteiger partial charge in [0.1, 0.15) is 5.01 Å². The van der Waals surface area contributed by atoms with Crippen molar-refractivity contribution < 1.29 is 14.6 Å². The summed E-state index contributed by atoms with van der Waals surface area (Å²) < 4.78 is 5.42. The van der Waals surface area contributed by atoms with E-state index in [-0.39, 0.29) is 35.0 Å².